The van der Waals surface area contributed by atoms with Gasteiger partial charge in [0.1, 0.15) is 29.8 Å². The van der Waals surface area contributed by atoms with E-state index in [0.717, 1.165) is 5.39 Å². The van der Waals surface area contributed by atoms with Crippen LogP contribution in [0.3, 0.4) is 0 Å². The number of nitriles is 1. The molecule has 3 aromatic rings. The summed E-state index contributed by atoms with van der Waals surface area (Å²) in [6, 6.07) is 15.7. The molecule has 1 heterocycles. The number of hydrogen-bond donors (Lipinski definition) is 0. The van der Waals surface area contributed by atoms with Gasteiger partial charge in [-0.15, -0.1) is 0 Å². The lowest BCUT2D eigenvalue weighted by atomic mass is 10.1. The lowest BCUT2D eigenvalue weighted by molar-refractivity contribution is 0.305. The van der Waals surface area contributed by atoms with Gasteiger partial charge in [-0.1, -0.05) is 12.1 Å². The quantitative estimate of drug-likeness (QED) is 0.692. The molecule has 1 aromatic heterocycles. The molecule has 0 N–H and O–H groups in total. The maximum atomic E-state index is 11.7. The van der Waals surface area contributed by atoms with Gasteiger partial charge >= 0.3 is 5.63 Å². The van der Waals surface area contributed by atoms with Crippen molar-refractivity contribution in [3.63, 3.8) is 0 Å². The van der Waals surface area contributed by atoms with Crippen LogP contribution in [0, 0.1) is 11.3 Å². The summed E-state index contributed by atoms with van der Waals surface area (Å²) in [5.74, 6) is 1.08. The van der Waals surface area contributed by atoms with Crippen molar-refractivity contribution in [2.24, 2.45) is 0 Å². The van der Waals surface area contributed by atoms with E-state index in [9.17, 15) is 4.79 Å². The zero-order chi connectivity index (χ0) is 16.2. The molecular formula is C18H13NO4. The van der Waals surface area contributed by atoms with E-state index >= 15 is 0 Å². The van der Waals surface area contributed by atoms with E-state index < -0.39 is 5.63 Å². The fourth-order valence-electron chi connectivity index (χ4n) is 2.30. The third kappa shape index (κ3) is 3.01. The maximum Gasteiger partial charge on any atom is 0.336 e. The molecule has 0 saturated heterocycles. The summed E-state index contributed by atoms with van der Waals surface area (Å²) >= 11 is 0. The standard InChI is InChI=1S/C18H13NO4/c1-21-14-6-7-15-13(8-18(20)23-17(15)9-14)11-22-16-5-3-2-4-12(16)10-19/h2-9H,11H2,1H3. The molecule has 23 heavy (non-hydrogen) atoms. The first kappa shape index (κ1) is 14.7. The zero-order valence-corrected chi connectivity index (χ0v) is 12.4. The maximum absolute atomic E-state index is 11.7. The molecule has 3 rings (SSSR count). The first-order chi connectivity index (χ1) is 11.2. The minimum atomic E-state index is -0.460. The van der Waals surface area contributed by atoms with Crippen LogP contribution in [0.15, 0.2) is 57.7 Å². The molecule has 0 spiro atoms. The molecular weight excluding hydrogens is 294 g/mol. The minimum Gasteiger partial charge on any atom is -0.497 e. The highest BCUT2D eigenvalue weighted by atomic mass is 16.5. The predicted octanol–water partition coefficient (Wildman–Crippen LogP) is 3.25. The Morgan fingerprint density at radius 2 is 2.00 bits per heavy atom. The van der Waals surface area contributed by atoms with E-state index in [4.69, 9.17) is 19.2 Å². The average Bonchev–Trinajstić information content (AvgIpc) is 2.59. The van der Waals surface area contributed by atoms with Gasteiger partial charge in [-0.2, -0.15) is 5.26 Å². The van der Waals surface area contributed by atoms with Crippen LogP contribution in [-0.2, 0) is 6.61 Å². The Balaban J connectivity index is 1.97. The average molecular weight is 307 g/mol. The summed E-state index contributed by atoms with van der Waals surface area (Å²) < 4.78 is 16.0. The summed E-state index contributed by atoms with van der Waals surface area (Å²) in [5.41, 5.74) is 1.11. The highest BCUT2D eigenvalue weighted by molar-refractivity contribution is 5.81. The van der Waals surface area contributed by atoms with Crippen LogP contribution in [-0.4, -0.2) is 7.11 Å². The van der Waals surface area contributed by atoms with Crippen molar-refractivity contribution in [2.75, 3.05) is 7.11 Å². The summed E-state index contributed by atoms with van der Waals surface area (Å²) in [7, 11) is 1.55. The molecule has 114 valence electrons. The van der Waals surface area contributed by atoms with Gasteiger partial charge in [0.2, 0.25) is 0 Å². The molecule has 0 bridgehead atoms. The van der Waals surface area contributed by atoms with Crippen LogP contribution in [0.1, 0.15) is 11.1 Å². The third-order valence-corrected chi connectivity index (χ3v) is 3.43. The van der Waals surface area contributed by atoms with Gasteiger partial charge < -0.3 is 13.9 Å². The van der Waals surface area contributed by atoms with Crippen LogP contribution in [0.5, 0.6) is 11.5 Å². The Labute approximate surface area is 132 Å². The number of benzene rings is 2. The van der Waals surface area contributed by atoms with Crippen molar-refractivity contribution in [3.05, 3.63) is 70.1 Å². The zero-order valence-electron chi connectivity index (χ0n) is 12.4. The molecule has 0 amide bonds. The van der Waals surface area contributed by atoms with E-state index in [1.807, 2.05) is 6.07 Å². The highest BCUT2D eigenvalue weighted by Crippen LogP contribution is 2.24. The second-order valence-electron chi connectivity index (χ2n) is 4.85. The van der Waals surface area contributed by atoms with Gasteiger partial charge in [0.15, 0.2) is 0 Å². The van der Waals surface area contributed by atoms with Crippen LogP contribution in [0.25, 0.3) is 11.0 Å². The molecule has 0 aliphatic carbocycles. The number of methoxy groups -OCH3 is 1. The Morgan fingerprint density at radius 3 is 2.78 bits per heavy atom. The molecule has 0 saturated carbocycles. The van der Waals surface area contributed by atoms with Gasteiger partial charge in [0.25, 0.3) is 0 Å². The second kappa shape index (κ2) is 6.24. The number of fused-ring (bicyclic) bond motifs is 1. The monoisotopic (exact) mass is 307 g/mol. The van der Waals surface area contributed by atoms with Crippen molar-refractivity contribution in [1.82, 2.24) is 0 Å². The molecule has 5 nitrogen and oxygen atoms in total. The van der Waals surface area contributed by atoms with E-state index in [1.165, 1.54) is 6.07 Å². The summed E-state index contributed by atoms with van der Waals surface area (Å²) in [6.45, 7) is 0.160. The number of ether oxygens (including phenoxy) is 2. The molecule has 5 heteroatoms. The van der Waals surface area contributed by atoms with Gasteiger partial charge in [0, 0.05) is 23.1 Å². The van der Waals surface area contributed by atoms with E-state index in [-0.39, 0.29) is 6.61 Å². The largest absolute Gasteiger partial charge is 0.497 e. The van der Waals surface area contributed by atoms with Gasteiger partial charge in [-0.05, 0) is 24.3 Å². The number of nitrogens with zero attached hydrogens (tertiary/aromatic N) is 1. The number of hydrogen-bond acceptors (Lipinski definition) is 5. The van der Waals surface area contributed by atoms with E-state index in [2.05, 4.69) is 6.07 Å². The van der Waals surface area contributed by atoms with Crippen molar-refractivity contribution >= 4 is 11.0 Å². The summed E-state index contributed by atoms with van der Waals surface area (Å²) in [6.07, 6.45) is 0. The van der Waals surface area contributed by atoms with Crippen molar-refractivity contribution in [2.45, 2.75) is 6.61 Å². The Kier molecular flexibility index (Phi) is 3.98. The lowest BCUT2D eigenvalue weighted by Crippen LogP contribution is -2.04. The Bertz CT molecular complexity index is 953. The second-order valence-corrected chi connectivity index (χ2v) is 4.85. The van der Waals surface area contributed by atoms with Crippen LogP contribution in [0.2, 0.25) is 0 Å². The SMILES string of the molecule is COc1ccc2c(COc3ccccc3C#N)cc(=O)oc2c1. The molecule has 2 aromatic carbocycles. The van der Waals surface area contributed by atoms with Crippen molar-refractivity contribution in [3.8, 4) is 17.6 Å². The van der Waals surface area contributed by atoms with Gasteiger partial charge in [-0.25, -0.2) is 4.79 Å². The number of para-hydroxylation sites is 1. The van der Waals surface area contributed by atoms with Crippen molar-refractivity contribution < 1.29 is 13.9 Å². The fourth-order valence-corrected chi connectivity index (χ4v) is 2.30. The molecule has 0 aliphatic heterocycles. The number of rotatable bonds is 4. The summed E-state index contributed by atoms with van der Waals surface area (Å²) in [5, 5.41) is 9.84. The normalized spacial score (nSPS) is 10.3. The molecule has 0 atom stereocenters. The van der Waals surface area contributed by atoms with Crippen molar-refractivity contribution in [1.29, 1.82) is 5.26 Å². The first-order valence-corrected chi connectivity index (χ1v) is 6.94. The molecule has 0 fully saturated rings. The fraction of sp³-hybridized carbons (Fsp3) is 0.111. The third-order valence-electron chi connectivity index (χ3n) is 3.43. The van der Waals surface area contributed by atoms with Crippen LogP contribution < -0.4 is 15.1 Å². The predicted molar refractivity (Wildman–Crippen MR) is 84.5 cm³/mol. The minimum absolute atomic E-state index is 0.160. The Hall–Kier alpha value is -3.26. The van der Waals surface area contributed by atoms with Gasteiger partial charge in [0.05, 0.1) is 12.7 Å². The van der Waals surface area contributed by atoms with Crippen LogP contribution in [0.4, 0.5) is 0 Å². The van der Waals surface area contributed by atoms with Crippen LogP contribution >= 0.6 is 0 Å². The smallest absolute Gasteiger partial charge is 0.336 e. The van der Waals surface area contributed by atoms with E-state index in [0.29, 0.717) is 28.2 Å². The topological polar surface area (TPSA) is 72.5 Å². The Morgan fingerprint density at radius 1 is 1.17 bits per heavy atom. The van der Waals surface area contributed by atoms with Gasteiger partial charge in [-0.3, -0.25) is 0 Å². The van der Waals surface area contributed by atoms with E-state index in [1.54, 1.807) is 43.5 Å². The lowest BCUT2D eigenvalue weighted by Gasteiger charge is -2.10. The molecule has 0 radical (unpaired) electrons. The molecule has 0 unspecified atom stereocenters. The highest BCUT2D eigenvalue weighted by Gasteiger charge is 2.09. The first-order valence-electron chi connectivity index (χ1n) is 6.94. The molecule has 0 aliphatic rings. The summed E-state index contributed by atoms with van der Waals surface area (Å²) in [4.78, 5) is 11.7.